The van der Waals surface area contributed by atoms with E-state index in [1.807, 2.05) is 6.07 Å². The Morgan fingerprint density at radius 3 is 2.39 bits per heavy atom. The number of sulfonamides is 1. The van der Waals surface area contributed by atoms with Gasteiger partial charge in [0.2, 0.25) is 10.0 Å². The molecule has 2 rings (SSSR count). The Bertz CT molecular complexity index is 764. The quantitative estimate of drug-likeness (QED) is 0.829. The Kier molecular flexibility index (Phi) is 6.01. The second-order valence-electron chi connectivity index (χ2n) is 4.75. The zero-order valence-corrected chi connectivity index (χ0v) is 14.4. The molecule has 0 amide bonds. The standard InChI is InChI=1S/C16H18ClNO4S/c1-21-14-9-5-6-10-16(14)23(19,20)18-11-15(22-2)12-7-3-4-8-13(12)17/h3-10,15,18H,11H2,1-2H3. The van der Waals surface area contributed by atoms with Crippen LogP contribution in [0.5, 0.6) is 5.75 Å². The summed E-state index contributed by atoms with van der Waals surface area (Å²) in [6.45, 7) is 0.0562. The highest BCUT2D eigenvalue weighted by atomic mass is 35.5. The average Bonchev–Trinajstić information content (AvgIpc) is 2.56. The lowest BCUT2D eigenvalue weighted by molar-refractivity contribution is 0.107. The Balaban J connectivity index is 2.19. The molecule has 5 nitrogen and oxygen atoms in total. The second-order valence-corrected chi connectivity index (χ2v) is 6.89. The lowest BCUT2D eigenvalue weighted by Crippen LogP contribution is -2.29. The van der Waals surface area contributed by atoms with Crippen molar-refractivity contribution in [2.75, 3.05) is 20.8 Å². The Labute approximate surface area is 141 Å². The summed E-state index contributed by atoms with van der Waals surface area (Å²) in [5.41, 5.74) is 0.722. The number of halogens is 1. The van der Waals surface area contributed by atoms with E-state index >= 15 is 0 Å². The van der Waals surface area contributed by atoms with Gasteiger partial charge in [-0.25, -0.2) is 13.1 Å². The molecule has 0 saturated heterocycles. The summed E-state index contributed by atoms with van der Waals surface area (Å²) in [6, 6.07) is 13.6. The van der Waals surface area contributed by atoms with Crippen molar-refractivity contribution in [3.63, 3.8) is 0 Å². The number of hydrogen-bond acceptors (Lipinski definition) is 4. The zero-order valence-electron chi connectivity index (χ0n) is 12.8. The maximum Gasteiger partial charge on any atom is 0.244 e. The molecule has 0 saturated carbocycles. The summed E-state index contributed by atoms with van der Waals surface area (Å²) in [5.74, 6) is 0.284. The lowest BCUT2D eigenvalue weighted by Gasteiger charge is -2.18. The molecule has 1 atom stereocenters. The summed E-state index contributed by atoms with van der Waals surface area (Å²) in [4.78, 5) is 0.0801. The SMILES string of the molecule is COc1ccccc1S(=O)(=O)NCC(OC)c1ccccc1Cl. The maximum atomic E-state index is 12.5. The van der Waals surface area contributed by atoms with Crippen LogP contribution in [0, 0.1) is 0 Å². The molecule has 0 heterocycles. The van der Waals surface area contributed by atoms with Crippen LogP contribution in [0.2, 0.25) is 5.02 Å². The fourth-order valence-corrected chi connectivity index (χ4v) is 3.62. The fraction of sp³-hybridized carbons (Fsp3) is 0.250. The van der Waals surface area contributed by atoms with Crippen LogP contribution in [-0.4, -0.2) is 29.2 Å². The van der Waals surface area contributed by atoms with Crippen molar-refractivity contribution in [1.29, 1.82) is 0 Å². The summed E-state index contributed by atoms with van der Waals surface area (Å²) in [5, 5.41) is 0.524. The van der Waals surface area contributed by atoms with Gasteiger partial charge in [-0.2, -0.15) is 0 Å². The van der Waals surface area contributed by atoms with E-state index in [1.54, 1.807) is 36.4 Å². The third-order valence-corrected chi connectivity index (χ3v) is 5.16. The largest absolute Gasteiger partial charge is 0.495 e. The first kappa shape index (κ1) is 17.7. The van der Waals surface area contributed by atoms with Crippen LogP contribution in [0.1, 0.15) is 11.7 Å². The van der Waals surface area contributed by atoms with Crippen LogP contribution < -0.4 is 9.46 Å². The minimum absolute atomic E-state index is 0.0562. The van der Waals surface area contributed by atoms with E-state index in [0.717, 1.165) is 5.56 Å². The number of methoxy groups -OCH3 is 2. The molecule has 0 aliphatic rings. The normalized spacial score (nSPS) is 12.8. The van der Waals surface area contributed by atoms with Gasteiger partial charge in [-0.05, 0) is 18.2 Å². The van der Waals surface area contributed by atoms with Crippen molar-refractivity contribution in [3.8, 4) is 5.75 Å². The predicted molar refractivity (Wildman–Crippen MR) is 89.4 cm³/mol. The van der Waals surface area contributed by atoms with Gasteiger partial charge in [0.05, 0.1) is 13.2 Å². The van der Waals surface area contributed by atoms with E-state index in [9.17, 15) is 8.42 Å². The molecule has 1 N–H and O–H groups in total. The van der Waals surface area contributed by atoms with Gasteiger partial charge in [0.1, 0.15) is 10.6 Å². The minimum atomic E-state index is -3.73. The van der Waals surface area contributed by atoms with Crippen LogP contribution in [0.4, 0.5) is 0 Å². The van der Waals surface area contributed by atoms with Gasteiger partial charge < -0.3 is 9.47 Å². The molecule has 0 spiro atoms. The molecule has 124 valence electrons. The highest BCUT2D eigenvalue weighted by Gasteiger charge is 2.22. The van der Waals surface area contributed by atoms with E-state index in [4.69, 9.17) is 21.1 Å². The van der Waals surface area contributed by atoms with Crippen molar-refractivity contribution in [3.05, 3.63) is 59.1 Å². The Hall–Kier alpha value is -1.60. The molecule has 0 aliphatic heterocycles. The molecule has 2 aromatic rings. The third-order valence-electron chi connectivity index (χ3n) is 3.35. The predicted octanol–water partition coefficient (Wildman–Crippen LogP) is 3.01. The van der Waals surface area contributed by atoms with Crippen molar-refractivity contribution >= 4 is 21.6 Å². The van der Waals surface area contributed by atoms with Crippen molar-refractivity contribution in [1.82, 2.24) is 4.72 Å². The fourth-order valence-electron chi connectivity index (χ4n) is 2.16. The van der Waals surface area contributed by atoms with Gasteiger partial charge in [-0.1, -0.05) is 41.9 Å². The van der Waals surface area contributed by atoms with E-state index in [-0.39, 0.29) is 17.2 Å². The summed E-state index contributed by atoms with van der Waals surface area (Å²) in [7, 11) is -0.795. The van der Waals surface area contributed by atoms with Crippen molar-refractivity contribution in [2.45, 2.75) is 11.0 Å². The number of hydrogen-bond donors (Lipinski definition) is 1. The highest BCUT2D eigenvalue weighted by Crippen LogP contribution is 2.26. The van der Waals surface area contributed by atoms with Crippen molar-refractivity contribution in [2.24, 2.45) is 0 Å². The van der Waals surface area contributed by atoms with Gasteiger partial charge in [0.15, 0.2) is 0 Å². The van der Waals surface area contributed by atoms with Crippen LogP contribution in [0.15, 0.2) is 53.4 Å². The number of rotatable bonds is 7. The number of nitrogens with one attached hydrogen (secondary N) is 1. The van der Waals surface area contributed by atoms with Crippen LogP contribution in [-0.2, 0) is 14.8 Å². The number of para-hydroxylation sites is 1. The Morgan fingerprint density at radius 1 is 1.09 bits per heavy atom. The first-order chi connectivity index (χ1) is 11.0. The third kappa shape index (κ3) is 4.23. The van der Waals surface area contributed by atoms with E-state index in [1.165, 1.54) is 20.3 Å². The molecule has 2 aromatic carbocycles. The molecule has 0 fully saturated rings. The summed E-state index contributed by atoms with van der Waals surface area (Å²) >= 11 is 6.14. The lowest BCUT2D eigenvalue weighted by atomic mass is 10.1. The van der Waals surface area contributed by atoms with E-state index in [2.05, 4.69) is 4.72 Å². The van der Waals surface area contributed by atoms with E-state index in [0.29, 0.717) is 5.02 Å². The summed E-state index contributed by atoms with van der Waals surface area (Å²) < 4.78 is 37.9. The first-order valence-corrected chi connectivity index (χ1v) is 8.75. The second kappa shape index (κ2) is 7.79. The van der Waals surface area contributed by atoms with E-state index < -0.39 is 16.1 Å². The number of benzene rings is 2. The molecule has 0 aliphatic carbocycles. The monoisotopic (exact) mass is 355 g/mol. The average molecular weight is 356 g/mol. The Morgan fingerprint density at radius 2 is 1.74 bits per heavy atom. The highest BCUT2D eigenvalue weighted by molar-refractivity contribution is 7.89. The number of ether oxygens (including phenoxy) is 2. The zero-order chi connectivity index (χ0) is 16.9. The van der Waals surface area contributed by atoms with Gasteiger partial charge >= 0.3 is 0 Å². The van der Waals surface area contributed by atoms with Gasteiger partial charge in [-0.15, -0.1) is 0 Å². The smallest absolute Gasteiger partial charge is 0.244 e. The molecular formula is C16H18ClNO4S. The molecule has 0 aromatic heterocycles. The summed E-state index contributed by atoms with van der Waals surface area (Å²) in [6.07, 6.45) is -0.492. The first-order valence-electron chi connectivity index (χ1n) is 6.89. The van der Waals surface area contributed by atoms with Crippen LogP contribution in [0.3, 0.4) is 0 Å². The van der Waals surface area contributed by atoms with Crippen LogP contribution in [0.25, 0.3) is 0 Å². The van der Waals surface area contributed by atoms with Gasteiger partial charge in [-0.3, -0.25) is 0 Å². The minimum Gasteiger partial charge on any atom is -0.495 e. The molecule has 23 heavy (non-hydrogen) atoms. The molecule has 1 unspecified atom stereocenters. The maximum absolute atomic E-state index is 12.5. The topological polar surface area (TPSA) is 64.6 Å². The van der Waals surface area contributed by atoms with Gasteiger partial charge in [0.25, 0.3) is 0 Å². The molecule has 0 bridgehead atoms. The molecule has 7 heteroatoms. The van der Waals surface area contributed by atoms with Gasteiger partial charge in [0, 0.05) is 24.2 Å². The van der Waals surface area contributed by atoms with Crippen LogP contribution >= 0.6 is 11.6 Å². The molecular weight excluding hydrogens is 338 g/mol. The molecule has 0 radical (unpaired) electrons. The van der Waals surface area contributed by atoms with Crippen molar-refractivity contribution < 1.29 is 17.9 Å².